The summed E-state index contributed by atoms with van der Waals surface area (Å²) < 4.78 is 11.5. The number of anilines is 1. The Morgan fingerprint density at radius 1 is 1.21 bits per heavy atom. The van der Waals surface area contributed by atoms with E-state index in [9.17, 15) is 0 Å². The van der Waals surface area contributed by atoms with Crippen molar-refractivity contribution in [2.24, 2.45) is 0 Å². The summed E-state index contributed by atoms with van der Waals surface area (Å²) in [6.45, 7) is 3.31. The monoisotopic (exact) mass is 299 g/mol. The molecule has 2 fully saturated rings. The molecule has 0 radical (unpaired) electrons. The quantitative estimate of drug-likeness (QED) is 0.780. The van der Waals surface area contributed by atoms with Gasteiger partial charge in [-0.05, 0) is 24.5 Å². The zero-order valence-electron chi connectivity index (χ0n) is 11.0. The summed E-state index contributed by atoms with van der Waals surface area (Å²) in [5.74, 6) is -0.317. The van der Waals surface area contributed by atoms with E-state index in [0.717, 1.165) is 49.9 Å². The molecular formula is C14H18ClNO2S. The van der Waals surface area contributed by atoms with Gasteiger partial charge in [0.2, 0.25) is 0 Å². The Bertz CT molecular complexity index is 453. The largest absolute Gasteiger partial charge is 0.370 e. The standard InChI is InChI=1S/C14H18ClNO2S/c1-19-11-2-3-13(12(15)10-11)16-6-4-14(5-7-16)17-8-9-18-14/h2-3,10H,4-9H2,1H3. The molecule has 0 atom stereocenters. The molecule has 0 saturated carbocycles. The van der Waals surface area contributed by atoms with Crippen molar-refractivity contribution in [1.29, 1.82) is 0 Å². The van der Waals surface area contributed by atoms with E-state index in [1.807, 2.05) is 6.07 Å². The number of ether oxygens (including phenoxy) is 2. The number of piperidine rings is 1. The van der Waals surface area contributed by atoms with Crippen molar-refractivity contribution in [2.45, 2.75) is 23.5 Å². The molecule has 2 aliphatic rings. The van der Waals surface area contributed by atoms with Crippen LogP contribution in [0.25, 0.3) is 0 Å². The van der Waals surface area contributed by atoms with Crippen LogP contribution in [0.5, 0.6) is 0 Å². The number of hydrogen-bond donors (Lipinski definition) is 0. The number of rotatable bonds is 2. The minimum Gasteiger partial charge on any atom is -0.370 e. The van der Waals surface area contributed by atoms with Crippen LogP contribution in [-0.4, -0.2) is 38.3 Å². The van der Waals surface area contributed by atoms with Crippen LogP contribution in [0.15, 0.2) is 23.1 Å². The van der Waals surface area contributed by atoms with Gasteiger partial charge in [0.15, 0.2) is 5.79 Å². The van der Waals surface area contributed by atoms with E-state index in [2.05, 4.69) is 23.3 Å². The van der Waals surface area contributed by atoms with Gasteiger partial charge in [0, 0.05) is 30.8 Å². The fourth-order valence-corrected chi connectivity index (χ4v) is 3.55. The number of benzene rings is 1. The van der Waals surface area contributed by atoms with Crippen LogP contribution < -0.4 is 4.90 Å². The average molecular weight is 300 g/mol. The van der Waals surface area contributed by atoms with Gasteiger partial charge in [0.1, 0.15) is 0 Å². The topological polar surface area (TPSA) is 21.7 Å². The van der Waals surface area contributed by atoms with Gasteiger partial charge in [-0.25, -0.2) is 0 Å². The van der Waals surface area contributed by atoms with E-state index >= 15 is 0 Å². The van der Waals surface area contributed by atoms with Crippen molar-refractivity contribution in [1.82, 2.24) is 0 Å². The van der Waals surface area contributed by atoms with Crippen molar-refractivity contribution in [3.05, 3.63) is 23.2 Å². The van der Waals surface area contributed by atoms with E-state index in [4.69, 9.17) is 21.1 Å². The molecule has 19 heavy (non-hydrogen) atoms. The van der Waals surface area contributed by atoms with Gasteiger partial charge < -0.3 is 14.4 Å². The molecule has 5 heteroatoms. The van der Waals surface area contributed by atoms with E-state index in [1.54, 1.807) is 11.8 Å². The molecule has 0 aliphatic carbocycles. The van der Waals surface area contributed by atoms with E-state index in [1.165, 1.54) is 4.90 Å². The molecule has 0 bridgehead atoms. The maximum Gasteiger partial charge on any atom is 0.171 e. The molecule has 1 aromatic rings. The first-order valence-electron chi connectivity index (χ1n) is 6.59. The first-order chi connectivity index (χ1) is 9.22. The Labute approximate surface area is 123 Å². The Hall–Kier alpha value is -0.420. The summed E-state index contributed by atoms with van der Waals surface area (Å²) in [5.41, 5.74) is 1.12. The summed E-state index contributed by atoms with van der Waals surface area (Å²) in [7, 11) is 0. The fourth-order valence-electron chi connectivity index (χ4n) is 2.75. The van der Waals surface area contributed by atoms with Crippen LogP contribution in [0, 0.1) is 0 Å². The molecule has 1 spiro atoms. The van der Waals surface area contributed by atoms with Crippen LogP contribution >= 0.6 is 23.4 Å². The van der Waals surface area contributed by atoms with Crippen LogP contribution in [0.4, 0.5) is 5.69 Å². The average Bonchev–Trinajstić information content (AvgIpc) is 2.88. The van der Waals surface area contributed by atoms with Gasteiger partial charge in [-0.1, -0.05) is 11.6 Å². The molecule has 0 unspecified atom stereocenters. The Balaban J connectivity index is 1.71. The minimum atomic E-state index is -0.317. The highest BCUT2D eigenvalue weighted by Crippen LogP contribution is 2.36. The minimum absolute atomic E-state index is 0.317. The number of hydrogen-bond acceptors (Lipinski definition) is 4. The molecule has 3 rings (SSSR count). The maximum absolute atomic E-state index is 6.38. The lowest BCUT2D eigenvalue weighted by atomic mass is 10.0. The van der Waals surface area contributed by atoms with E-state index < -0.39 is 0 Å². The second-order valence-electron chi connectivity index (χ2n) is 4.91. The third kappa shape index (κ3) is 2.72. The molecule has 2 saturated heterocycles. The van der Waals surface area contributed by atoms with Crippen LogP contribution in [0.1, 0.15) is 12.8 Å². The van der Waals surface area contributed by atoms with Crippen LogP contribution in [0.3, 0.4) is 0 Å². The molecule has 0 amide bonds. The van der Waals surface area contributed by atoms with Crippen molar-refractivity contribution in [3.8, 4) is 0 Å². The lowest BCUT2D eigenvalue weighted by Crippen LogP contribution is -2.45. The van der Waals surface area contributed by atoms with Crippen LogP contribution in [0.2, 0.25) is 5.02 Å². The predicted molar refractivity (Wildman–Crippen MR) is 79.3 cm³/mol. The molecule has 2 aliphatic heterocycles. The van der Waals surface area contributed by atoms with Crippen LogP contribution in [-0.2, 0) is 9.47 Å². The maximum atomic E-state index is 6.38. The molecule has 3 nitrogen and oxygen atoms in total. The Morgan fingerprint density at radius 2 is 1.89 bits per heavy atom. The second-order valence-corrected chi connectivity index (χ2v) is 6.20. The highest BCUT2D eigenvalue weighted by atomic mass is 35.5. The van der Waals surface area contributed by atoms with E-state index in [-0.39, 0.29) is 5.79 Å². The Morgan fingerprint density at radius 3 is 2.47 bits per heavy atom. The highest BCUT2D eigenvalue weighted by Gasteiger charge is 2.40. The molecule has 0 N–H and O–H groups in total. The van der Waals surface area contributed by atoms with Gasteiger partial charge in [-0.3, -0.25) is 0 Å². The first kappa shape index (κ1) is 13.6. The lowest BCUT2D eigenvalue weighted by molar-refractivity contribution is -0.169. The number of nitrogens with zero attached hydrogens (tertiary/aromatic N) is 1. The van der Waals surface area contributed by atoms with Crippen molar-refractivity contribution in [2.75, 3.05) is 37.5 Å². The van der Waals surface area contributed by atoms with Crippen molar-refractivity contribution < 1.29 is 9.47 Å². The molecule has 2 heterocycles. The normalized spacial score (nSPS) is 22.1. The zero-order valence-corrected chi connectivity index (χ0v) is 12.6. The summed E-state index contributed by atoms with van der Waals surface area (Å²) in [6.07, 6.45) is 3.88. The summed E-state index contributed by atoms with van der Waals surface area (Å²) in [6, 6.07) is 6.27. The summed E-state index contributed by atoms with van der Waals surface area (Å²) in [5, 5.41) is 0.830. The molecule has 104 valence electrons. The second kappa shape index (κ2) is 5.52. The van der Waals surface area contributed by atoms with Gasteiger partial charge in [-0.2, -0.15) is 0 Å². The number of thioether (sulfide) groups is 1. The van der Waals surface area contributed by atoms with Gasteiger partial charge in [0.25, 0.3) is 0 Å². The van der Waals surface area contributed by atoms with E-state index in [0.29, 0.717) is 0 Å². The predicted octanol–water partition coefficient (Wildman–Crippen LogP) is 3.41. The Kier molecular flexibility index (Phi) is 3.94. The number of halogens is 1. The highest BCUT2D eigenvalue weighted by molar-refractivity contribution is 7.98. The van der Waals surface area contributed by atoms with Crippen molar-refractivity contribution in [3.63, 3.8) is 0 Å². The third-order valence-electron chi connectivity index (χ3n) is 3.83. The summed E-state index contributed by atoms with van der Waals surface area (Å²) >= 11 is 8.09. The van der Waals surface area contributed by atoms with Gasteiger partial charge in [-0.15, -0.1) is 11.8 Å². The van der Waals surface area contributed by atoms with Crippen molar-refractivity contribution >= 4 is 29.1 Å². The molecule has 0 aromatic heterocycles. The molecular weight excluding hydrogens is 282 g/mol. The SMILES string of the molecule is CSc1ccc(N2CCC3(CC2)OCCO3)c(Cl)c1. The van der Waals surface area contributed by atoms with Gasteiger partial charge >= 0.3 is 0 Å². The molecule has 1 aromatic carbocycles. The fraction of sp³-hybridized carbons (Fsp3) is 0.571. The third-order valence-corrected chi connectivity index (χ3v) is 4.86. The smallest absolute Gasteiger partial charge is 0.171 e. The summed E-state index contributed by atoms with van der Waals surface area (Å²) in [4.78, 5) is 3.52. The van der Waals surface area contributed by atoms with Gasteiger partial charge in [0.05, 0.1) is 23.9 Å². The first-order valence-corrected chi connectivity index (χ1v) is 8.19. The zero-order chi connectivity index (χ0) is 13.3. The lowest BCUT2D eigenvalue weighted by Gasteiger charge is -2.39.